The van der Waals surface area contributed by atoms with Crippen LogP contribution in [0.4, 0.5) is 0 Å². The van der Waals surface area contributed by atoms with Crippen LogP contribution in [-0.4, -0.2) is 34.6 Å². The van der Waals surface area contributed by atoms with Gasteiger partial charge < -0.3 is 14.4 Å². The summed E-state index contributed by atoms with van der Waals surface area (Å²) in [6.07, 6.45) is 4.00. The second-order valence-electron chi connectivity index (χ2n) is 8.26. The lowest BCUT2D eigenvalue weighted by atomic mass is 9.94. The standard InChI is InChI=1S/C25H31ClN2O4/c1-17(16-27)7-6-12-32-11-5-4-8-22-25(23(29)13-18(2)14-24(30)31)20-15-19(26)9-10-21(20)28(22)3/h9-10,15,18H,1,4-8,11-14H2,2-3H3,(H,30,31)/t18-/m0/s1. The SMILES string of the molecule is C=C(C#N)CCCOCCCCc1c(C(=O)C[C@H](C)CC(=O)O)c2cc(Cl)ccc2n1C. The predicted molar refractivity (Wildman–Crippen MR) is 126 cm³/mol. The van der Waals surface area contributed by atoms with Crippen molar-refractivity contribution in [3.63, 3.8) is 0 Å². The highest BCUT2D eigenvalue weighted by Gasteiger charge is 2.23. The number of rotatable bonds is 14. The number of allylic oxidation sites excluding steroid dienone is 1. The minimum absolute atomic E-state index is 0.0361. The van der Waals surface area contributed by atoms with Crippen LogP contribution >= 0.6 is 11.6 Å². The lowest BCUT2D eigenvalue weighted by Gasteiger charge is -2.11. The number of nitriles is 1. The first-order valence-corrected chi connectivity index (χ1v) is 11.3. The normalized spacial score (nSPS) is 11.9. The molecule has 0 amide bonds. The van der Waals surface area contributed by atoms with Gasteiger partial charge in [-0.2, -0.15) is 5.26 Å². The van der Waals surface area contributed by atoms with Gasteiger partial charge in [0.2, 0.25) is 0 Å². The number of fused-ring (bicyclic) bond motifs is 1. The van der Waals surface area contributed by atoms with E-state index in [0.717, 1.165) is 35.9 Å². The number of aryl methyl sites for hydroxylation is 1. The molecule has 7 heteroatoms. The summed E-state index contributed by atoms with van der Waals surface area (Å²) in [7, 11) is 1.95. The van der Waals surface area contributed by atoms with Crippen LogP contribution in [0.1, 0.15) is 61.5 Å². The molecular weight excluding hydrogens is 428 g/mol. The number of aliphatic carboxylic acids is 1. The van der Waals surface area contributed by atoms with Gasteiger partial charge in [-0.1, -0.05) is 25.1 Å². The van der Waals surface area contributed by atoms with Crippen molar-refractivity contribution < 1.29 is 19.4 Å². The number of carbonyl (C=O) groups is 2. The fraction of sp³-hybridized carbons (Fsp3) is 0.480. The Morgan fingerprint density at radius 2 is 1.97 bits per heavy atom. The molecule has 2 rings (SSSR count). The minimum Gasteiger partial charge on any atom is -0.481 e. The Balaban J connectivity index is 2.05. The molecule has 1 N–H and O–H groups in total. The van der Waals surface area contributed by atoms with Crippen molar-refractivity contribution in [2.75, 3.05) is 13.2 Å². The monoisotopic (exact) mass is 458 g/mol. The Morgan fingerprint density at radius 1 is 1.25 bits per heavy atom. The first kappa shape index (κ1) is 25.6. The minimum atomic E-state index is -0.900. The number of benzene rings is 1. The molecular formula is C25H31ClN2O4. The third-order valence-electron chi connectivity index (χ3n) is 5.50. The molecule has 0 spiro atoms. The molecule has 0 fully saturated rings. The highest BCUT2D eigenvalue weighted by Crippen LogP contribution is 2.31. The van der Waals surface area contributed by atoms with E-state index < -0.39 is 5.97 Å². The van der Waals surface area contributed by atoms with Crippen LogP contribution in [0.3, 0.4) is 0 Å². The fourth-order valence-electron chi connectivity index (χ4n) is 3.90. The first-order valence-electron chi connectivity index (χ1n) is 10.9. The number of ketones is 1. The first-order chi connectivity index (χ1) is 15.2. The number of hydrogen-bond acceptors (Lipinski definition) is 4. The maximum Gasteiger partial charge on any atom is 0.303 e. The van der Waals surface area contributed by atoms with Crippen molar-refractivity contribution in [3.8, 4) is 6.07 Å². The molecule has 0 aliphatic rings. The van der Waals surface area contributed by atoms with Crippen LogP contribution in [0.25, 0.3) is 10.9 Å². The van der Waals surface area contributed by atoms with Gasteiger partial charge in [0.25, 0.3) is 0 Å². The molecule has 1 aromatic carbocycles. The van der Waals surface area contributed by atoms with Crippen LogP contribution < -0.4 is 0 Å². The predicted octanol–water partition coefficient (Wildman–Crippen LogP) is 5.71. The number of carbonyl (C=O) groups excluding carboxylic acids is 1. The molecule has 32 heavy (non-hydrogen) atoms. The smallest absolute Gasteiger partial charge is 0.303 e. The zero-order chi connectivity index (χ0) is 23.7. The molecule has 2 aromatic rings. The topological polar surface area (TPSA) is 92.3 Å². The summed E-state index contributed by atoms with van der Waals surface area (Å²) in [4.78, 5) is 24.2. The number of nitrogens with zero attached hydrogens (tertiary/aromatic N) is 2. The van der Waals surface area contributed by atoms with Crippen molar-refractivity contribution in [1.29, 1.82) is 5.26 Å². The van der Waals surface area contributed by atoms with Crippen LogP contribution in [0.5, 0.6) is 0 Å². The number of aromatic nitrogens is 1. The molecule has 0 saturated carbocycles. The molecule has 172 valence electrons. The van der Waals surface area contributed by atoms with Crippen LogP contribution in [-0.2, 0) is 23.0 Å². The van der Waals surface area contributed by atoms with Crippen LogP contribution in [0.2, 0.25) is 5.02 Å². The molecule has 0 aliphatic heterocycles. The van der Waals surface area contributed by atoms with Crippen molar-refractivity contribution in [2.24, 2.45) is 13.0 Å². The van der Waals surface area contributed by atoms with E-state index in [-0.39, 0.29) is 24.5 Å². The van der Waals surface area contributed by atoms with Gasteiger partial charge in [0, 0.05) is 65.9 Å². The fourth-order valence-corrected chi connectivity index (χ4v) is 4.08. The molecule has 0 radical (unpaired) electrons. The van der Waals surface area contributed by atoms with Gasteiger partial charge in [-0.3, -0.25) is 9.59 Å². The molecule has 1 heterocycles. The molecule has 0 aliphatic carbocycles. The Labute approximate surface area is 194 Å². The van der Waals surface area contributed by atoms with E-state index in [4.69, 9.17) is 26.7 Å². The van der Waals surface area contributed by atoms with Gasteiger partial charge in [-0.25, -0.2) is 0 Å². The summed E-state index contributed by atoms with van der Waals surface area (Å²) in [5.74, 6) is -1.19. The molecule has 0 bridgehead atoms. The van der Waals surface area contributed by atoms with Gasteiger partial charge >= 0.3 is 5.97 Å². The van der Waals surface area contributed by atoms with Gasteiger partial charge in [-0.15, -0.1) is 0 Å². The molecule has 0 unspecified atom stereocenters. The summed E-state index contributed by atoms with van der Waals surface area (Å²) in [6, 6.07) is 7.57. The lowest BCUT2D eigenvalue weighted by molar-refractivity contribution is -0.137. The van der Waals surface area contributed by atoms with E-state index in [0.29, 0.717) is 42.2 Å². The molecule has 6 nitrogen and oxygen atoms in total. The second kappa shape index (κ2) is 12.4. The Bertz CT molecular complexity index is 1020. The number of carboxylic acid groups (broad SMARTS) is 1. The van der Waals surface area contributed by atoms with E-state index >= 15 is 0 Å². The number of ether oxygens (including phenoxy) is 1. The summed E-state index contributed by atoms with van der Waals surface area (Å²) in [5.41, 5.74) is 3.10. The maximum atomic E-state index is 13.2. The van der Waals surface area contributed by atoms with Crippen LogP contribution in [0.15, 0.2) is 30.4 Å². The zero-order valence-corrected chi connectivity index (χ0v) is 19.6. The van der Waals surface area contributed by atoms with E-state index in [9.17, 15) is 9.59 Å². The van der Waals surface area contributed by atoms with Crippen molar-refractivity contribution in [1.82, 2.24) is 4.57 Å². The van der Waals surface area contributed by atoms with Gasteiger partial charge in [0.1, 0.15) is 0 Å². The summed E-state index contributed by atoms with van der Waals surface area (Å²) >= 11 is 6.21. The maximum absolute atomic E-state index is 13.2. The van der Waals surface area contributed by atoms with Gasteiger partial charge in [0.05, 0.1) is 6.07 Å². The van der Waals surface area contributed by atoms with Crippen molar-refractivity contribution in [2.45, 2.75) is 51.9 Å². The number of unbranched alkanes of at least 4 members (excludes halogenated alkanes) is 1. The Hall–Kier alpha value is -2.62. The quantitative estimate of drug-likeness (QED) is 0.222. The summed E-state index contributed by atoms with van der Waals surface area (Å²) in [5, 5.41) is 19.1. The third kappa shape index (κ3) is 7.22. The lowest BCUT2D eigenvalue weighted by Crippen LogP contribution is -2.12. The largest absolute Gasteiger partial charge is 0.481 e. The number of carboxylic acids is 1. The Morgan fingerprint density at radius 3 is 2.66 bits per heavy atom. The average Bonchev–Trinajstić information content (AvgIpc) is 2.99. The number of hydrogen-bond donors (Lipinski definition) is 1. The van der Waals surface area contributed by atoms with Gasteiger partial charge in [0.15, 0.2) is 5.78 Å². The summed E-state index contributed by atoms with van der Waals surface area (Å²) in [6.45, 7) is 6.66. The third-order valence-corrected chi connectivity index (χ3v) is 5.73. The van der Waals surface area contributed by atoms with E-state index in [1.165, 1.54) is 0 Å². The summed E-state index contributed by atoms with van der Waals surface area (Å²) < 4.78 is 7.68. The van der Waals surface area contributed by atoms with Crippen molar-refractivity contribution in [3.05, 3.63) is 46.6 Å². The van der Waals surface area contributed by atoms with Gasteiger partial charge in [-0.05, 0) is 56.2 Å². The second-order valence-corrected chi connectivity index (χ2v) is 8.70. The molecule has 1 aromatic heterocycles. The molecule has 1 atom stereocenters. The van der Waals surface area contributed by atoms with E-state index in [1.54, 1.807) is 6.92 Å². The van der Waals surface area contributed by atoms with Crippen molar-refractivity contribution >= 4 is 34.3 Å². The van der Waals surface area contributed by atoms with E-state index in [1.807, 2.05) is 35.9 Å². The Kier molecular flexibility index (Phi) is 9.96. The highest BCUT2D eigenvalue weighted by atomic mass is 35.5. The molecule has 0 saturated heterocycles. The highest BCUT2D eigenvalue weighted by molar-refractivity contribution is 6.31. The van der Waals surface area contributed by atoms with Crippen LogP contribution in [0, 0.1) is 17.2 Å². The zero-order valence-electron chi connectivity index (χ0n) is 18.8. The number of halogens is 1. The number of Topliss-reactive ketones (excluding diaryl/α,β-unsaturated/α-hetero) is 1. The average molecular weight is 459 g/mol. The van der Waals surface area contributed by atoms with E-state index in [2.05, 4.69) is 6.58 Å².